The van der Waals surface area contributed by atoms with Crippen molar-refractivity contribution in [1.82, 2.24) is 0 Å². The van der Waals surface area contributed by atoms with Gasteiger partial charge in [0, 0.05) is 12.5 Å². The first kappa shape index (κ1) is 10.3. The minimum absolute atomic E-state index is 0.0666. The zero-order chi connectivity index (χ0) is 10.8. The first-order valence-corrected chi connectivity index (χ1v) is 5.11. The molecule has 1 fully saturated rings. The van der Waals surface area contributed by atoms with Crippen LogP contribution in [0.4, 0.5) is 8.78 Å². The minimum atomic E-state index is -0.572. The largest absolute Gasteiger partial charge is 0.303 e. The van der Waals surface area contributed by atoms with E-state index < -0.39 is 11.6 Å². The Hall–Kier alpha value is -1.25. The van der Waals surface area contributed by atoms with Crippen LogP contribution in [0, 0.1) is 17.6 Å². The van der Waals surface area contributed by atoms with Crippen molar-refractivity contribution in [1.29, 1.82) is 0 Å². The fraction of sp³-hybridized carbons (Fsp3) is 0.417. The molecule has 1 unspecified atom stereocenters. The van der Waals surface area contributed by atoms with Crippen molar-refractivity contribution < 1.29 is 13.6 Å². The van der Waals surface area contributed by atoms with Crippen LogP contribution in [0.25, 0.3) is 0 Å². The van der Waals surface area contributed by atoms with E-state index in [1.54, 1.807) is 0 Å². The molecule has 0 bridgehead atoms. The molecule has 0 spiro atoms. The summed E-state index contributed by atoms with van der Waals surface area (Å²) in [5, 5.41) is 0. The molecule has 1 aliphatic carbocycles. The Morgan fingerprint density at radius 3 is 2.67 bits per heavy atom. The van der Waals surface area contributed by atoms with Gasteiger partial charge < -0.3 is 4.79 Å². The molecule has 0 radical (unpaired) electrons. The summed E-state index contributed by atoms with van der Waals surface area (Å²) >= 11 is 0. The molecule has 1 nitrogen and oxygen atoms in total. The highest BCUT2D eigenvalue weighted by Crippen LogP contribution is 2.44. The van der Waals surface area contributed by atoms with Crippen LogP contribution in [0.1, 0.15) is 30.7 Å². The zero-order valence-corrected chi connectivity index (χ0v) is 8.25. The summed E-state index contributed by atoms with van der Waals surface area (Å²) in [6.45, 7) is 0. The number of aldehydes is 1. The maximum absolute atomic E-state index is 13.5. The smallest absolute Gasteiger partial charge is 0.129 e. The molecule has 0 aromatic heterocycles. The van der Waals surface area contributed by atoms with E-state index in [4.69, 9.17) is 0 Å². The predicted octanol–water partition coefficient (Wildman–Crippen LogP) is 3.05. The Morgan fingerprint density at radius 2 is 2.13 bits per heavy atom. The van der Waals surface area contributed by atoms with Gasteiger partial charge in [-0.05, 0) is 36.3 Å². The van der Waals surface area contributed by atoms with Gasteiger partial charge in [-0.1, -0.05) is 6.07 Å². The zero-order valence-electron chi connectivity index (χ0n) is 8.25. The van der Waals surface area contributed by atoms with Crippen LogP contribution in [-0.4, -0.2) is 6.29 Å². The topological polar surface area (TPSA) is 17.1 Å². The van der Waals surface area contributed by atoms with E-state index in [1.165, 1.54) is 12.1 Å². The second-order valence-electron chi connectivity index (χ2n) is 4.01. The molecule has 1 aromatic carbocycles. The van der Waals surface area contributed by atoms with Crippen LogP contribution in [0.5, 0.6) is 0 Å². The molecule has 1 aliphatic rings. The van der Waals surface area contributed by atoms with Crippen LogP contribution in [0.15, 0.2) is 18.2 Å². The summed E-state index contributed by atoms with van der Waals surface area (Å²) in [7, 11) is 0. The van der Waals surface area contributed by atoms with E-state index in [9.17, 15) is 13.6 Å². The molecule has 0 heterocycles. The first-order chi connectivity index (χ1) is 7.22. The van der Waals surface area contributed by atoms with Gasteiger partial charge in [-0.25, -0.2) is 8.78 Å². The lowest BCUT2D eigenvalue weighted by Crippen LogP contribution is -2.05. The lowest BCUT2D eigenvalue weighted by atomic mass is 9.91. The van der Waals surface area contributed by atoms with Gasteiger partial charge >= 0.3 is 0 Å². The summed E-state index contributed by atoms with van der Waals surface area (Å²) in [4.78, 5) is 10.5. The molecule has 2 rings (SSSR count). The fourth-order valence-corrected chi connectivity index (χ4v) is 1.98. The standard InChI is InChI=1S/C12H12F2O/c13-9-3-4-11(12(14)7-9)10(5-6-15)8-1-2-8/h3-4,6-8,10H,1-2,5H2. The third-order valence-corrected chi connectivity index (χ3v) is 2.90. The van der Waals surface area contributed by atoms with Gasteiger partial charge in [-0.15, -0.1) is 0 Å². The number of carbonyl (C=O) groups excluding carboxylic acids is 1. The van der Waals surface area contributed by atoms with Gasteiger partial charge in [0.15, 0.2) is 0 Å². The Bertz CT molecular complexity index is 372. The molecule has 0 amide bonds. The minimum Gasteiger partial charge on any atom is -0.303 e. The molecule has 0 saturated heterocycles. The van der Waals surface area contributed by atoms with E-state index in [0.29, 0.717) is 17.9 Å². The van der Waals surface area contributed by atoms with Crippen LogP contribution in [-0.2, 0) is 4.79 Å². The van der Waals surface area contributed by atoms with E-state index in [-0.39, 0.29) is 5.92 Å². The molecule has 0 aliphatic heterocycles. The van der Waals surface area contributed by atoms with Crippen molar-refractivity contribution >= 4 is 6.29 Å². The van der Waals surface area contributed by atoms with Gasteiger partial charge in [0.05, 0.1) is 0 Å². The van der Waals surface area contributed by atoms with Crippen molar-refractivity contribution in [3.05, 3.63) is 35.4 Å². The van der Waals surface area contributed by atoms with Gasteiger partial charge in [0.2, 0.25) is 0 Å². The molecule has 1 saturated carbocycles. The summed E-state index contributed by atoms with van der Waals surface area (Å²) in [5.41, 5.74) is 0.478. The van der Waals surface area contributed by atoms with Crippen molar-refractivity contribution in [2.75, 3.05) is 0 Å². The highest BCUT2D eigenvalue weighted by atomic mass is 19.1. The third kappa shape index (κ3) is 2.22. The highest BCUT2D eigenvalue weighted by Gasteiger charge is 2.33. The summed E-state index contributed by atoms with van der Waals surface area (Å²) in [5.74, 6) is -0.774. The van der Waals surface area contributed by atoms with Crippen LogP contribution >= 0.6 is 0 Å². The molecular formula is C12H12F2O. The number of rotatable bonds is 4. The van der Waals surface area contributed by atoms with Crippen LogP contribution < -0.4 is 0 Å². The van der Waals surface area contributed by atoms with Crippen LogP contribution in [0.3, 0.4) is 0 Å². The van der Waals surface area contributed by atoms with E-state index in [1.807, 2.05) is 0 Å². The van der Waals surface area contributed by atoms with Crippen LogP contribution in [0.2, 0.25) is 0 Å². The van der Waals surface area contributed by atoms with Gasteiger partial charge in [0.25, 0.3) is 0 Å². The normalized spacial score (nSPS) is 17.5. The average Bonchev–Trinajstić information content (AvgIpc) is 2.98. The number of halogens is 2. The first-order valence-electron chi connectivity index (χ1n) is 5.11. The van der Waals surface area contributed by atoms with Crippen molar-refractivity contribution in [2.24, 2.45) is 5.92 Å². The second kappa shape index (κ2) is 4.09. The van der Waals surface area contributed by atoms with Gasteiger partial charge in [0.1, 0.15) is 17.9 Å². The number of benzene rings is 1. The summed E-state index contributed by atoms with van der Waals surface area (Å²) in [6, 6.07) is 3.59. The summed E-state index contributed by atoms with van der Waals surface area (Å²) in [6.07, 6.45) is 3.21. The Kier molecular flexibility index (Phi) is 2.80. The molecule has 3 heteroatoms. The monoisotopic (exact) mass is 210 g/mol. The van der Waals surface area contributed by atoms with Crippen molar-refractivity contribution in [3.63, 3.8) is 0 Å². The number of hydrogen-bond donors (Lipinski definition) is 0. The maximum atomic E-state index is 13.5. The Morgan fingerprint density at radius 1 is 1.40 bits per heavy atom. The van der Waals surface area contributed by atoms with Gasteiger partial charge in [-0.3, -0.25) is 0 Å². The molecule has 1 aromatic rings. The number of hydrogen-bond acceptors (Lipinski definition) is 1. The lowest BCUT2D eigenvalue weighted by Gasteiger charge is -2.14. The fourth-order valence-electron chi connectivity index (χ4n) is 1.98. The molecule has 15 heavy (non-hydrogen) atoms. The van der Waals surface area contributed by atoms with E-state index in [2.05, 4.69) is 0 Å². The SMILES string of the molecule is O=CCC(c1ccc(F)cc1F)C1CC1. The number of carbonyl (C=O) groups is 1. The quantitative estimate of drug-likeness (QED) is 0.698. The van der Waals surface area contributed by atoms with Crippen molar-refractivity contribution in [2.45, 2.75) is 25.2 Å². The molecular weight excluding hydrogens is 198 g/mol. The third-order valence-electron chi connectivity index (χ3n) is 2.90. The Balaban J connectivity index is 2.28. The lowest BCUT2D eigenvalue weighted by molar-refractivity contribution is -0.108. The predicted molar refractivity (Wildman–Crippen MR) is 52.5 cm³/mol. The van der Waals surface area contributed by atoms with Crippen molar-refractivity contribution in [3.8, 4) is 0 Å². The molecule has 80 valence electrons. The second-order valence-corrected chi connectivity index (χ2v) is 4.01. The van der Waals surface area contributed by atoms with E-state index in [0.717, 1.165) is 25.2 Å². The Labute approximate surface area is 87.1 Å². The highest BCUT2D eigenvalue weighted by molar-refractivity contribution is 5.52. The molecule has 0 N–H and O–H groups in total. The van der Waals surface area contributed by atoms with E-state index >= 15 is 0 Å². The summed E-state index contributed by atoms with van der Waals surface area (Å²) < 4.78 is 26.2. The average molecular weight is 210 g/mol. The molecule has 1 atom stereocenters. The van der Waals surface area contributed by atoms with Gasteiger partial charge in [-0.2, -0.15) is 0 Å². The maximum Gasteiger partial charge on any atom is 0.129 e.